The molecule has 3 aliphatic carbocycles. The molecule has 1 heterocycles. The van der Waals surface area contributed by atoms with E-state index in [1.165, 1.54) is 28.9 Å². The summed E-state index contributed by atoms with van der Waals surface area (Å²) in [5, 5.41) is 26.8. The number of phenolic OH excluding ortho intramolecular Hbond substituents is 1. The van der Waals surface area contributed by atoms with E-state index < -0.39 is 0 Å². The Hall–Kier alpha value is -1.96. The lowest BCUT2D eigenvalue weighted by atomic mass is 9.53. The van der Waals surface area contributed by atoms with Crippen molar-refractivity contribution in [2.75, 3.05) is 18.5 Å². The number of hydrogen-bond acceptors (Lipinski definition) is 6. The minimum Gasteiger partial charge on any atom is -0.508 e. The minimum absolute atomic E-state index is 0.0552. The van der Waals surface area contributed by atoms with Crippen LogP contribution in [-0.2, 0) is 11.2 Å². The standard InChI is InChI=1S/C27H37N3O3S/c1-16-15-29-26(34-16)30-24(33)8-4-18-14-23(28-11-12-31)27(2)10-9-21-20-7-5-19(32)13-17(20)3-6-22(21)25(18)27/h5,7,13,15,18,21-23,25,28,31-32H,3-4,6,8-12,14H2,1-2H3,(H,29,30,33). The third kappa shape index (κ3) is 4.38. The number of aryl methyl sites for hydroxylation is 2. The van der Waals surface area contributed by atoms with Gasteiger partial charge in [0.1, 0.15) is 5.75 Å². The van der Waals surface area contributed by atoms with Crippen molar-refractivity contribution in [1.29, 1.82) is 0 Å². The number of thiazole rings is 1. The lowest BCUT2D eigenvalue weighted by molar-refractivity contribution is -0.116. The molecule has 0 radical (unpaired) electrons. The number of amides is 1. The van der Waals surface area contributed by atoms with E-state index in [-0.39, 0.29) is 17.9 Å². The predicted octanol–water partition coefficient (Wildman–Crippen LogP) is 4.61. The molecule has 4 N–H and O–H groups in total. The number of nitrogens with zero attached hydrogens (tertiary/aromatic N) is 1. The van der Waals surface area contributed by atoms with E-state index in [9.17, 15) is 15.0 Å². The van der Waals surface area contributed by atoms with Crippen molar-refractivity contribution in [3.8, 4) is 5.75 Å². The topological polar surface area (TPSA) is 94.5 Å². The monoisotopic (exact) mass is 483 g/mol. The first-order valence-electron chi connectivity index (χ1n) is 12.8. The first-order valence-corrected chi connectivity index (χ1v) is 13.6. The van der Waals surface area contributed by atoms with Crippen LogP contribution in [0.2, 0.25) is 0 Å². The number of aromatic hydroxyl groups is 1. The molecule has 2 aromatic rings. The second-order valence-electron chi connectivity index (χ2n) is 10.9. The number of aliphatic hydroxyl groups excluding tert-OH is 1. The van der Waals surface area contributed by atoms with E-state index >= 15 is 0 Å². The van der Waals surface area contributed by atoms with E-state index in [2.05, 4.69) is 28.6 Å². The Morgan fingerprint density at radius 1 is 1.32 bits per heavy atom. The number of carbonyl (C=O) groups is 1. The average Bonchev–Trinajstić information content (AvgIpc) is 3.35. The molecule has 34 heavy (non-hydrogen) atoms. The van der Waals surface area contributed by atoms with Gasteiger partial charge in [-0.2, -0.15) is 0 Å². The average molecular weight is 484 g/mol. The zero-order chi connectivity index (χ0) is 23.9. The Bertz CT molecular complexity index is 1040. The lowest BCUT2D eigenvalue weighted by Crippen LogP contribution is -2.49. The molecule has 184 valence electrons. The molecular formula is C27H37N3O3S. The Balaban J connectivity index is 1.35. The summed E-state index contributed by atoms with van der Waals surface area (Å²) in [6.07, 6.45) is 8.76. The third-order valence-corrected chi connectivity index (χ3v) is 9.79. The maximum atomic E-state index is 12.7. The SMILES string of the molecule is Cc1cnc(NC(=O)CCC2CC(NCCO)C3(C)CCC4c5ccc(O)cc5CCC4C23)s1. The number of rotatable bonds is 7. The van der Waals surface area contributed by atoms with Crippen LogP contribution in [0.3, 0.4) is 0 Å². The highest BCUT2D eigenvalue weighted by atomic mass is 32.1. The summed E-state index contributed by atoms with van der Waals surface area (Å²) in [6, 6.07) is 6.33. The molecule has 5 rings (SSSR count). The van der Waals surface area contributed by atoms with Gasteiger partial charge < -0.3 is 20.8 Å². The Morgan fingerprint density at radius 3 is 2.94 bits per heavy atom. The summed E-state index contributed by atoms with van der Waals surface area (Å²) in [5.74, 6) is 2.60. The summed E-state index contributed by atoms with van der Waals surface area (Å²) < 4.78 is 0. The van der Waals surface area contributed by atoms with Gasteiger partial charge in [-0.3, -0.25) is 4.79 Å². The van der Waals surface area contributed by atoms with Crippen LogP contribution < -0.4 is 10.6 Å². The second-order valence-corrected chi connectivity index (χ2v) is 12.1. The van der Waals surface area contributed by atoms with Gasteiger partial charge in [0.2, 0.25) is 5.91 Å². The zero-order valence-electron chi connectivity index (χ0n) is 20.2. The van der Waals surface area contributed by atoms with Gasteiger partial charge in [0, 0.05) is 30.1 Å². The number of fused-ring (bicyclic) bond motifs is 5. The lowest BCUT2D eigenvalue weighted by Gasteiger charge is -2.52. The van der Waals surface area contributed by atoms with Crippen molar-refractivity contribution in [2.24, 2.45) is 23.2 Å². The third-order valence-electron chi connectivity index (χ3n) is 8.96. The molecular weight excluding hydrogens is 446 g/mol. The van der Waals surface area contributed by atoms with Gasteiger partial charge in [-0.25, -0.2) is 4.98 Å². The van der Waals surface area contributed by atoms with Gasteiger partial charge in [-0.05, 0) is 97.8 Å². The van der Waals surface area contributed by atoms with E-state index in [1.807, 2.05) is 19.1 Å². The molecule has 0 aliphatic heterocycles. The van der Waals surface area contributed by atoms with E-state index in [4.69, 9.17) is 0 Å². The van der Waals surface area contributed by atoms with Crippen molar-refractivity contribution in [3.63, 3.8) is 0 Å². The highest BCUT2D eigenvalue weighted by Crippen LogP contribution is 2.63. The summed E-state index contributed by atoms with van der Waals surface area (Å²) >= 11 is 1.52. The van der Waals surface area contributed by atoms with Crippen molar-refractivity contribution in [2.45, 2.75) is 70.8 Å². The molecule has 0 bridgehead atoms. The van der Waals surface area contributed by atoms with Gasteiger partial charge in [-0.1, -0.05) is 13.0 Å². The van der Waals surface area contributed by atoms with Crippen LogP contribution in [0.15, 0.2) is 24.4 Å². The number of phenols is 1. The van der Waals surface area contributed by atoms with Crippen LogP contribution in [-0.4, -0.2) is 40.3 Å². The van der Waals surface area contributed by atoms with Crippen LogP contribution in [0.4, 0.5) is 5.13 Å². The summed E-state index contributed by atoms with van der Waals surface area (Å²) in [4.78, 5) is 18.1. The van der Waals surface area contributed by atoms with Crippen molar-refractivity contribution in [1.82, 2.24) is 10.3 Å². The molecule has 3 aliphatic rings. The molecule has 2 fully saturated rings. The number of carbonyl (C=O) groups excluding carboxylic acids is 1. The van der Waals surface area contributed by atoms with E-state index in [0.717, 1.165) is 37.0 Å². The number of benzene rings is 1. The molecule has 6 nitrogen and oxygen atoms in total. The fourth-order valence-electron chi connectivity index (χ4n) is 7.62. The summed E-state index contributed by atoms with van der Waals surface area (Å²) in [7, 11) is 0. The van der Waals surface area contributed by atoms with Crippen LogP contribution in [0, 0.1) is 30.1 Å². The fraction of sp³-hybridized carbons (Fsp3) is 0.630. The Labute approximate surface area is 206 Å². The smallest absolute Gasteiger partial charge is 0.226 e. The largest absolute Gasteiger partial charge is 0.508 e. The zero-order valence-corrected chi connectivity index (χ0v) is 21.0. The van der Waals surface area contributed by atoms with E-state index in [1.54, 1.807) is 6.20 Å². The van der Waals surface area contributed by atoms with Crippen molar-refractivity contribution < 1.29 is 15.0 Å². The highest BCUT2D eigenvalue weighted by Gasteiger charge is 2.58. The molecule has 7 heteroatoms. The van der Waals surface area contributed by atoms with Crippen LogP contribution >= 0.6 is 11.3 Å². The van der Waals surface area contributed by atoms with Crippen molar-refractivity contribution >= 4 is 22.4 Å². The predicted molar refractivity (Wildman–Crippen MR) is 135 cm³/mol. The molecule has 1 aromatic carbocycles. The van der Waals surface area contributed by atoms with Crippen LogP contribution in [0.1, 0.15) is 67.4 Å². The second kappa shape index (κ2) is 9.59. The molecule has 2 saturated carbocycles. The van der Waals surface area contributed by atoms with Gasteiger partial charge in [-0.15, -0.1) is 11.3 Å². The highest BCUT2D eigenvalue weighted by molar-refractivity contribution is 7.15. The normalized spacial score (nSPS) is 32.0. The Kier molecular flexibility index (Phi) is 6.70. The molecule has 1 amide bonds. The van der Waals surface area contributed by atoms with Crippen molar-refractivity contribution in [3.05, 3.63) is 40.4 Å². The summed E-state index contributed by atoms with van der Waals surface area (Å²) in [6.45, 7) is 5.23. The maximum Gasteiger partial charge on any atom is 0.226 e. The molecule has 1 aromatic heterocycles. The van der Waals surface area contributed by atoms with Gasteiger partial charge in [0.15, 0.2) is 5.13 Å². The van der Waals surface area contributed by atoms with Crippen LogP contribution in [0.25, 0.3) is 0 Å². The molecule has 6 unspecified atom stereocenters. The number of anilines is 1. The molecule has 0 saturated heterocycles. The van der Waals surface area contributed by atoms with Gasteiger partial charge in [0.25, 0.3) is 0 Å². The Morgan fingerprint density at radius 2 is 2.18 bits per heavy atom. The van der Waals surface area contributed by atoms with Gasteiger partial charge in [0.05, 0.1) is 6.61 Å². The van der Waals surface area contributed by atoms with Crippen LogP contribution in [0.5, 0.6) is 5.75 Å². The number of aliphatic hydroxyl groups is 1. The minimum atomic E-state index is 0.0552. The number of aromatic nitrogens is 1. The first-order chi connectivity index (χ1) is 16.4. The number of hydrogen-bond donors (Lipinski definition) is 4. The quantitative estimate of drug-likeness (QED) is 0.461. The van der Waals surface area contributed by atoms with Gasteiger partial charge >= 0.3 is 0 Å². The first kappa shape index (κ1) is 23.8. The molecule has 6 atom stereocenters. The fourth-order valence-corrected chi connectivity index (χ4v) is 8.30. The maximum absolute atomic E-state index is 12.7. The molecule has 0 spiro atoms. The summed E-state index contributed by atoms with van der Waals surface area (Å²) in [5.41, 5.74) is 2.92. The number of nitrogens with one attached hydrogen (secondary N) is 2. The van der Waals surface area contributed by atoms with E-state index in [0.29, 0.717) is 53.6 Å².